The first kappa shape index (κ1) is 16.2. The first-order chi connectivity index (χ1) is 10.0. The first-order valence-electron chi connectivity index (χ1n) is 6.93. The van der Waals surface area contributed by atoms with Gasteiger partial charge in [-0.05, 0) is 60.4 Å². The molecular formula is C17H17Br2NO. The third-order valence-electron chi connectivity index (χ3n) is 3.37. The van der Waals surface area contributed by atoms with Crippen molar-refractivity contribution in [1.29, 1.82) is 0 Å². The predicted molar refractivity (Wildman–Crippen MR) is 95.0 cm³/mol. The van der Waals surface area contributed by atoms with Crippen LogP contribution >= 0.6 is 31.9 Å². The van der Waals surface area contributed by atoms with Gasteiger partial charge in [0.25, 0.3) is 5.91 Å². The summed E-state index contributed by atoms with van der Waals surface area (Å²) in [4.78, 5) is 12.4. The Morgan fingerprint density at radius 2 is 1.48 bits per heavy atom. The molecule has 0 saturated carbocycles. The molecule has 110 valence electrons. The molecule has 0 atom stereocenters. The highest BCUT2D eigenvalue weighted by Gasteiger charge is 2.13. The van der Waals surface area contributed by atoms with Crippen molar-refractivity contribution < 1.29 is 4.79 Å². The minimum atomic E-state index is -0.0748. The van der Waals surface area contributed by atoms with E-state index >= 15 is 0 Å². The second-order valence-corrected chi connectivity index (χ2v) is 6.60. The highest BCUT2D eigenvalue weighted by atomic mass is 79.9. The molecule has 4 heteroatoms. The Hall–Kier alpha value is -1.13. The molecule has 1 amide bonds. The minimum absolute atomic E-state index is 0.0748. The summed E-state index contributed by atoms with van der Waals surface area (Å²) in [5.41, 5.74) is 3.89. The van der Waals surface area contributed by atoms with E-state index in [0.717, 1.165) is 38.6 Å². The van der Waals surface area contributed by atoms with Gasteiger partial charge in [-0.3, -0.25) is 4.79 Å². The highest BCUT2D eigenvalue weighted by molar-refractivity contribution is 9.10. The van der Waals surface area contributed by atoms with Crippen molar-refractivity contribution in [2.45, 2.75) is 26.7 Å². The number of benzene rings is 2. The summed E-state index contributed by atoms with van der Waals surface area (Å²) in [7, 11) is 0. The SMILES string of the molecule is CCc1cc(Br)cc(CC)c1NC(=O)c1ccc(Br)cc1. The van der Waals surface area contributed by atoms with E-state index < -0.39 is 0 Å². The maximum Gasteiger partial charge on any atom is 0.255 e. The van der Waals surface area contributed by atoms with Crippen molar-refractivity contribution >= 4 is 43.5 Å². The smallest absolute Gasteiger partial charge is 0.255 e. The third-order valence-corrected chi connectivity index (χ3v) is 4.36. The van der Waals surface area contributed by atoms with Crippen molar-refractivity contribution in [3.63, 3.8) is 0 Å². The lowest BCUT2D eigenvalue weighted by atomic mass is 10.0. The number of anilines is 1. The van der Waals surface area contributed by atoms with E-state index in [0.29, 0.717) is 5.56 Å². The van der Waals surface area contributed by atoms with Gasteiger partial charge in [-0.15, -0.1) is 0 Å². The molecule has 0 aliphatic rings. The Kier molecular flexibility index (Phi) is 5.59. The molecule has 2 aromatic rings. The number of rotatable bonds is 4. The van der Waals surface area contributed by atoms with Gasteiger partial charge < -0.3 is 5.32 Å². The fraction of sp³-hybridized carbons (Fsp3) is 0.235. The highest BCUT2D eigenvalue weighted by Crippen LogP contribution is 2.28. The fourth-order valence-electron chi connectivity index (χ4n) is 2.23. The van der Waals surface area contributed by atoms with Crippen molar-refractivity contribution in [1.82, 2.24) is 0 Å². The Labute approximate surface area is 142 Å². The predicted octanol–water partition coefficient (Wildman–Crippen LogP) is 5.59. The topological polar surface area (TPSA) is 29.1 Å². The average molecular weight is 411 g/mol. The maximum atomic E-state index is 12.4. The molecule has 0 unspecified atom stereocenters. The van der Waals surface area contributed by atoms with E-state index in [1.165, 1.54) is 0 Å². The molecule has 2 nitrogen and oxygen atoms in total. The summed E-state index contributed by atoms with van der Waals surface area (Å²) < 4.78 is 2.02. The van der Waals surface area contributed by atoms with Crippen molar-refractivity contribution in [3.05, 3.63) is 62.0 Å². The number of hydrogen-bond acceptors (Lipinski definition) is 1. The number of aryl methyl sites for hydroxylation is 2. The molecule has 21 heavy (non-hydrogen) atoms. The zero-order valence-electron chi connectivity index (χ0n) is 12.0. The van der Waals surface area contributed by atoms with E-state index in [1.54, 1.807) is 0 Å². The normalized spacial score (nSPS) is 10.5. The van der Waals surface area contributed by atoms with Crippen LogP contribution in [0.1, 0.15) is 35.3 Å². The van der Waals surface area contributed by atoms with Gasteiger partial charge >= 0.3 is 0 Å². The molecule has 0 saturated heterocycles. The summed E-state index contributed by atoms with van der Waals surface area (Å²) in [5, 5.41) is 3.07. The molecule has 2 aromatic carbocycles. The third kappa shape index (κ3) is 3.95. The molecule has 0 radical (unpaired) electrons. The van der Waals surface area contributed by atoms with Gasteiger partial charge in [0, 0.05) is 20.2 Å². The lowest BCUT2D eigenvalue weighted by Gasteiger charge is -2.15. The van der Waals surface area contributed by atoms with Gasteiger partial charge in [-0.2, -0.15) is 0 Å². The Morgan fingerprint density at radius 3 is 1.95 bits per heavy atom. The first-order valence-corrected chi connectivity index (χ1v) is 8.52. The van der Waals surface area contributed by atoms with Crippen LogP contribution in [0.25, 0.3) is 0 Å². The minimum Gasteiger partial charge on any atom is -0.321 e. The molecule has 0 aliphatic heterocycles. The monoisotopic (exact) mass is 409 g/mol. The Morgan fingerprint density at radius 1 is 0.952 bits per heavy atom. The number of carbonyl (C=O) groups excluding carboxylic acids is 1. The summed E-state index contributed by atoms with van der Waals surface area (Å²) in [5.74, 6) is -0.0748. The van der Waals surface area contributed by atoms with Crippen LogP contribution in [0.5, 0.6) is 0 Å². The van der Waals surface area contributed by atoms with Gasteiger partial charge in [-0.1, -0.05) is 45.7 Å². The molecule has 0 aromatic heterocycles. The zero-order valence-corrected chi connectivity index (χ0v) is 15.2. The van der Waals surface area contributed by atoms with Gasteiger partial charge in [0.15, 0.2) is 0 Å². The van der Waals surface area contributed by atoms with E-state index in [2.05, 4.69) is 63.2 Å². The number of halogens is 2. The molecule has 0 spiro atoms. The second kappa shape index (κ2) is 7.23. The second-order valence-electron chi connectivity index (χ2n) is 4.77. The molecule has 0 bridgehead atoms. The average Bonchev–Trinajstić information content (AvgIpc) is 2.48. The van der Waals surface area contributed by atoms with Crippen molar-refractivity contribution in [3.8, 4) is 0 Å². The van der Waals surface area contributed by atoms with Crippen LogP contribution in [0, 0.1) is 0 Å². The Balaban J connectivity index is 2.34. The number of amides is 1. The van der Waals surface area contributed by atoms with Gasteiger partial charge in [0.05, 0.1) is 0 Å². The molecule has 1 N–H and O–H groups in total. The van der Waals surface area contributed by atoms with Crippen LogP contribution in [-0.4, -0.2) is 5.91 Å². The van der Waals surface area contributed by atoms with Crippen molar-refractivity contribution in [2.24, 2.45) is 0 Å². The van der Waals surface area contributed by atoms with Crippen LogP contribution in [0.2, 0.25) is 0 Å². The lowest BCUT2D eigenvalue weighted by Crippen LogP contribution is -2.15. The van der Waals surface area contributed by atoms with E-state index in [4.69, 9.17) is 0 Å². The molecule has 2 rings (SSSR count). The summed E-state index contributed by atoms with van der Waals surface area (Å²) >= 11 is 6.91. The van der Waals surface area contributed by atoms with Crippen LogP contribution in [0.4, 0.5) is 5.69 Å². The summed E-state index contributed by atoms with van der Waals surface area (Å²) in [6, 6.07) is 11.5. The van der Waals surface area contributed by atoms with Gasteiger partial charge in [0.1, 0.15) is 0 Å². The Bertz CT molecular complexity index is 625. The van der Waals surface area contributed by atoms with E-state index in [9.17, 15) is 4.79 Å². The van der Waals surface area contributed by atoms with E-state index in [1.807, 2.05) is 24.3 Å². The zero-order chi connectivity index (χ0) is 15.4. The van der Waals surface area contributed by atoms with Crippen LogP contribution < -0.4 is 5.32 Å². The van der Waals surface area contributed by atoms with Crippen LogP contribution in [0.3, 0.4) is 0 Å². The van der Waals surface area contributed by atoms with Gasteiger partial charge in [0.2, 0.25) is 0 Å². The van der Waals surface area contributed by atoms with Crippen LogP contribution in [-0.2, 0) is 12.8 Å². The largest absolute Gasteiger partial charge is 0.321 e. The quantitative estimate of drug-likeness (QED) is 0.699. The maximum absolute atomic E-state index is 12.4. The standard InChI is InChI=1S/C17H17Br2NO/c1-3-11-9-15(19)10-12(4-2)16(11)20-17(21)13-5-7-14(18)8-6-13/h5-10H,3-4H2,1-2H3,(H,20,21). The molecule has 0 heterocycles. The summed E-state index contributed by atoms with van der Waals surface area (Å²) in [6.07, 6.45) is 1.75. The molecule has 0 fully saturated rings. The van der Waals surface area contributed by atoms with Gasteiger partial charge in [-0.25, -0.2) is 0 Å². The summed E-state index contributed by atoms with van der Waals surface area (Å²) in [6.45, 7) is 4.19. The van der Waals surface area contributed by atoms with Crippen LogP contribution in [0.15, 0.2) is 45.3 Å². The number of carbonyl (C=O) groups is 1. The molecule has 0 aliphatic carbocycles. The number of hydrogen-bond donors (Lipinski definition) is 1. The van der Waals surface area contributed by atoms with Crippen molar-refractivity contribution in [2.75, 3.05) is 5.32 Å². The van der Waals surface area contributed by atoms with E-state index in [-0.39, 0.29) is 5.91 Å². The fourth-order valence-corrected chi connectivity index (χ4v) is 3.05. The lowest BCUT2D eigenvalue weighted by molar-refractivity contribution is 0.102. The molecular weight excluding hydrogens is 394 g/mol. The number of nitrogens with one attached hydrogen (secondary N) is 1.